The van der Waals surface area contributed by atoms with Crippen LogP contribution in [0, 0.1) is 0 Å². The SMILES string of the molecule is OC(Cn1cc(Br)cn1)c1ccccc1Br. The molecule has 5 heteroatoms. The monoisotopic (exact) mass is 344 g/mol. The highest BCUT2D eigenvalue weighted by atomic mass is 79.9. The van der Waals surface area contributed by atoms with Gasteiger partial charge in [-0.15, -0.1) is 0 Å². The molecule has 1 aromatic heterocycles. The molecule has 1 unspecified atom stereocenters. The summed E-state index contributed by atoms with van der Waals surface area (Å²) in [4.78, 5) is 0. The van der Waals surface area contributed by atoms with Crippen LogP contribution in [0.15, 0.2) is 45.6 Å². The molecule has 0 radical (unpaired) electrons. The maximum absolute atomic E-state index is 10.1. The van der Waals surface area contributed by atoms with Gasteiger partial charge in [-0.3, -0.25) is 4.68 Å². The van der Waals surface area contributed by atoms with Crippen LogP contribution >= 0.6 is 31.9 Å². The molecule has 0 aliphatic carbocycles. The van der Waals surface area contributed by atoms with Gasteiger partial charge in [0.15, 0.2) is 0 Å². The van der Waals surface area contributed by atoms with Crippen molar-refractivity contribution in [3.63, 3.8) is 0 Å². The summed E-state index contributed by atoms with van der Waals surface area (Å²) >= 11 is 6.74. The van der Waals surface area contributed by atoms with Gasteiger partial charge in [0.1, 0.15) is 0 Å². The first-order valence-electron chi connectivity index (χ1n) is 4.77. The third kappa shape index (κ3) is 2.72. The average molecular weight is 346 g/mol. The summed E-state index contributed by atoms with van der Waals surface area (Å²) in [6.07, 6.45) is 2.97. The molecule has 0 aliphatic rings. The summed E-state index contributed by atoms with van der Waals surface area (Å²) in [6, 6.07) is 7.64. The van der Waals surface area contributed by atoms with Gasteiger partial charge in [0.05, 0.1) is 23.3 Å². The van der Waals surface area contributed by atoms with E-state index >= 15 is 0 Å². The topological polar surface area (TPSA) is 38.0 Å². The van der Waals surface area contributed by atoms with Crippen LogP contribution in [0.4, 0.5) is 0 Å². The van der Waals surface area contributed by atoms with Crippen LogP contribution in [0.2, 0.25) is 0 Å². The number of aliphatic hydroxyl groups is 1. The Bertz CT molecular complexity index is 484. The molecule has 0 spiro atoms. The van der Waals surface area contributed by atoms with Crippen LogP contribution < -0.4 is 0 Å². The van der Waals surface area contributed by atoms with Crippen LogP contribution in [0.1, 0.15) is 11.7 Å². The fraction of sp³-hybridized carbons (Fsp3) is 0.182. The Labute approximate surface area is 110 Å². The summed E-state index contributed by atoms with van der Waals surface area (Å²) in [5.41, 5.74) is 0.870. The maximum Gasteiger partial charge on any atom is 0.0996 e. The molecule has 3 nitrogen and oxygen atoms in total. The van der Waals surface area contributed by atoms with Gasteiger partial charge in [-0.05, 0) is 27.6 Å². The quantitative estimate of drug-likeness (QED) is 0.928. The third-order valence-corrected chi connectivity index (χ3v) is 3.36. The predicted octanol–water partition coefficient (Wildman–Crippen LogP) is 3.14. The van der Waals surface area contributed by atoms with Gasteiger partial charge in [0, 0.05) is 10.7 Å². The van der Waals surface area contributed by atoms with E-state index in [2.05, 4.69) is 37.0 Å². The normalized spacial score (nSPS) is 12.7. The Balaban J connectivity index is 2.14. The second-order valence-electron chi connectivity index (χ2n) is 3.42. The molecule has 1 aromatic carbocycles. The summed E-state index contributed by atoms with van der Waals surface area (Å²) in [7, 11) is 0. The number of aromatic nitrogens is 2. The first-order chi connectivity index (χ1) is 7.66. The first kappa shape index (κ1) is 11.8. The van der Waals surface area contributed by atoms with Gasteiger partial charge < -0.3 is 5.11 Å². The molecule has 1 atom stereocenters. The zero-order valence-electron chi connectivity index (χ0n) is 8.35. The molecule has 0 bridgehead atoms. The van der Waals surface area contributed by atoms with Crippen molar-refractivity contribution in [3.8, 4) is 0 Å². The van der Waals surface area contributed by atoms with E-state index in [9.17, 15) is 5.11 Å². The molecule has 2 aromatic rings. The lowest BCUT2D eigenvalue weighted by molar-refractivity contribution is 0.151. The summed E-state index contributed by atoms with van der Waals surface area (Å²) < 4.78 is 3.52. The minimum absolute atomic E-state index is 0.439. The molecular formula is C11H10Br2N2O. The van der Waals surface area contributed by atoms with Crippen LogP contribution in [-0.2, 0) is 6.54 Å². The van der Waals surface area contributed by atoms with E-state index in [1.807, 2.05) is 30.5 Å². The number of halogens is 2. The highest BCUT2D eigenvalue weighted by Gasteiger charge is 2.11. The van der Waals surface area contributed by atoms with Crippen molar-refractivity contribution < 1.29 is 5.11 Å². The maximum atomic E-state index is 10.1. The molecule has 16 heavy (non-hydrogen) atoms. The average Bonchev–Trinajstić information content (AvgIpc) is 2.64. The Morgan fingerprint density at radius 2 is 2.06 bits per heavy atom. The molecule has 1 heterocycles. The van der Waals surface area contributed by atoms with Crippen LogP contribution in [-0.4, -0.2) is 14.9 Å². The van der Waals surface area contributed by atoms with Crippen molar-refractivity contribution >= 4 is 31.9 Å². The van der Waals surface area contributed by atoms with Gasteiger partial charge in [0.2, 0.25) is 0 Å². The van der Waals surface area contributed by atoms with Gasteiger partial charge in [0.25, 0.3) is 0 Å². The van der Waals surface area contributed by atoms with Gasteiger partial charge in [-0.1, -0.05) is 34.1 Å². The van der Waals surface area contributed by atoms with Crippen molar-refractivity contribution in [1.82, 2.24) is 9.78 Å². The molecule has 2 rings (SSSR count). The number of benzene rings is 1. The van der Waals surface area contributed by atoms with E-state index < -0.39 is 6.10 Å². The lowest BCUT2D eigenvalue weighted by Gasteiger charge is -2.12. The number of nitrogens with zero attached hydrogens (tertiary/aromatic N) is 2. The van der Waals surface area contributed by atoms with E-state index in [-0.39, 0.29) is 0 Å². The first-order valence-corrected chi connectivity index (χ1v) is 6.36. The zero-order valence-corrected chi connectivity index (χ0v) is 11.5. The van der Waals surface area contributed by atoms with Crippen molar-refractivity contribution in [3.05, 3.63) is 51.2 Å². The minimum Gasteiger partial charge on any atom is -0.386 e. The molecule has 1 N–H and O–H groups in total. The molecule has 0 saturated carbocycles. The Kier molecular flexibility index (Phi) is 3.78. The standard InChI is InChI=1S/C11H10Br2N2O/c12-8-5-14-15(6-8)7-11(16)9-3-1-2-4-10(9)13/h1-6,11,16H,7H2. The van der Waals surface area contributed by atoms with Crippen LogP contribution in [0.5, 0.6) is 0 Å². The number of hydrogen-bond donors (Lipinski definition) is 1. The van der Waals surface area contributed by atoms with Crippen molar-refractivity contribution in [2.75, 3.05) is 0 Å². The van der Waals surface area contributed by atoms with E-state index in [0.29, 0.717) is 6.54 Å². The van der Waals surface area contributed by atoms with Crippen LogP contribution in [0.3, 0.4) is 0 Å². The van der Waals surface area contributed by atoms with E-state index in [0.717, 1.165) is 14.5 Å². The summed E-state index contributed by atoms with van der Waals surface area (Å²) in [6.45, 7) is 0.439. The lowest BCUT2D eigenvalue weighted by Crippen LogP contribution is -2.09. The van der Waals surface area contributed by atoms with Crippen LogP contribution in [0.25, 0.3) is 0 Å². The molecule has 84 valence electrons. The Morgan fingerprint density at radius 3 is 2.69 bits per heavy atom. The highest BCUT2D eigenvalue weighted by molar-refractivity contribution is 9.10. The minimum atomic E-state index is -0.567. The van der Waals surface area contributed by atoms with Gasteiger partial charge in [-0.25, -0.2) is 0 Å². The second-order valence-corrected chi connectivity index (χ2v) is 5.19. The van der Waals surface area contributed by atoms with Crippen molar-refractivity contribution in [2.24, 2.45) is 0 Å². The van der Waals surface area contributed by atoms with E-state index in [1.165, 1.54) is 0 Å². The van der Waals surface area contributed by atoms with E-state index in [4.69, 9.17) is 0 Å². The predicted molar refractivity (Wildman–Crippen MR) is 69.0 cm³/mol. The van der Waals surface area contributed by atoms with Crippen molar-refractivity contribution in [2.45, 2.75) is 12.6 Å². The smallest absolute Gasteiger partial charge is 0.0996 e. The van der Waals surface area contributed by atoms with Gasteiger partial charge >= 0.3 is 0 Å². The number of aliphatic hydroxyl groups excluding tert-OH is 1. The Morgan fingerprint density at radius 1 is 1.31 bits per heavy atom. The lowest BCUT2D eigenvalue weighted by atomic mass is 10.1. The molecule has 0 fully saturated rings. The summed E-state index contributed by atoms with van der Waals surface area (Å²) in [5, 5.41) is 14.2. The molecule has 0 amide bonds. The van der Waals surface area contributed by atoms with Crippen molar-refractivity contribution in [1.29, 1.82) is 0 Å². The van der Waals surface area contributed by atoms with Gasteiger partial charge in [-0.2, -0.15) is 5.10 Å². The second kappa shape index (κ2) is 5.12. The largest absolute Gasteiger partial charge is 0.386 e. The zero-order chi connectivity index (χ0) is 11.5. The third-order valence-electron chi connectivity index (χ3n) is 2.23. The highest BCUT2D eigenvalue weighted by Crippen LogP contribution is 2.24. The fourth-order valence-corrected chi connectivity index (χ4v) is 2.34. The molecule has 0 aliphatic heterocycles. The fourth-order valence-electron chi connectivity index (χ4n) is 1.46. The summed E-state index contributed by atoms with van der Waals surface area (Å²) in [5.74, 6) is 0. The van der Waals surface area contributed by atoms with E-state index in [1.54, 1.807) is 10.9 Å². The Hall–Kier alpha value is -0.650. The number of hydrogen-bond acceptors (Lipinski definition) is 2. The number of rotatable bonds is 3. The molecule has 0 saturated heterocycles. The molecular weight excluding hydrogens is 336 g/mol.